The van der Waals surface area contributed by atoms with Crippen molar-refractivity contribution in [2.75, 3.05) is 19.0 Å². The maximum atomic E-state index is 13.6. The summed E-state index contributed by atoms with van der Waals surface area (Å²) in [6, 6.07) is 12.6. The summed E-state index contributed by atoms with van der Waals surface area (Å²) in [6.07, 6.45) is 1.63. The maximum absolute atomic E-state index is 13.6. The van der Waals surface area contributed by atoms with E-state index in [1.165, 1.54) is 0 Å². The van der Waals surface area contributed by atoms with Crippen LogP contribution in [0.5, 0.6) is 5.75 Å². The molecular formula is C23H24N6O3. The first-order chi connectivity index (χ1) is 15.5. The van der Waals surface area contributed by atoms with Crippen LogP contribution in [0.4, 0.5) is 10.7 Å². The monoisotopic (exact) mass is 432 g/mol. The van der Waals surface area contributed by atoms with Crippen LogP contribution in [-0.4, -0.2) is 39.2 Å². The van der Waals surface area contributed by atoms with Crippen LogP contribution in [0.15, 0.2) is 53.5 Å². The number of anilines is 1. The molecular weight excluding hydrogens is 408 g/mol. The summed E-state index contributed by atoms with van der Waals surface area (Å²) in [4.78, 5) is 37.7. The first-order valence-corrected chi connectivity index (χ1v) is 10.2. The van der Waals surface area contributed by atoms with E-state index in [0.717, 1.165) is 5.56 Å². The van der Waals surface area contributed by atoms with Crippen LogP contribution in [0.2, 0.25) is 0 Å². The molecule has 0 atom stereocenters. The molecule has 0 saturated carbocycles. The second kappa shape index (κ2) is 8.93. The van der Waals surface area contributed by atoms with Crippen molar-refractivity contribution >= 4 is 23.0 Å². The van der Waals surface area contributed by atoms with Crippen molar-refractivity contribution in [3.63, 3.8) is 0 Å². The smallest absolute Gasteiger partial charge is 0.321 e. The van der Waals surface area contributed by atoms with Crippen LogP contribution in [0.25, 0.3) is 22.3 Å². The molecule has 9 heteroatoms. The van der Waals surface area contributed by atoms with Gasteiger partial charge in [0.25, 0.3) is 5.56 Å². The van der Waals surface area contributed by atoms with Gasteiger partial charge in [-0.15, -0.1) is 0 Å². The lowest BCUT2D eigenvalue weighted by atomic mass is 10.1. The second-order valence-corrected chi connectivity index (χ2v) is 7.21. The minimum Gasteiger partial charge on any atom is -0.497 e. The van der Waals surface area contributed by atoms with Crippen LogP contribution in [0.1, 0.15) is 18.2 Å². The minimum absolute atomic E-state index is 0.215. The van der Waals surface area contributed by atoms with E-state index in [4.69, 9.17) is 4.74 Å². The van der Waals surface area contributed by atoms with Crippen molar-refractivity contribution in [3.05, 3.63) is 70.3 Å². The van der Waals surface area contributed by atoms with Gasteiger partial charge in [-0.2, -0.15) is 0 Å². The Bertz CT molecular complexity index is 1330. The van der Waals surface area contributed by atoms with Crippen molar-refractivity contribution in [3.8, 4) is 17.0 Å². The SMILES string of the molecule is CCNC(=O)Nc1nc2c(-c3ccccn3)c(=O)n(Cc3cccc(OC)c3)c(C)c2[nH]1. The molecule has 4 rings (SSSR count). The lowest BCUT2D eigenvalue weighted by Crippen LogP contribution is -2.28. The Morgan fingerprint density at radius 1 is 1.22 bits per heavy atom. The number of hydrogen-bond donors (Lipinski definition) is 3. The van der Waals surface area contributed by atoms with E-state index < -0.39 is 0 Å². The number of aryl methyl sites for hydroxylation is 1. The average Bonchev–Trinajstić information content (AvgIpc) is 3.21. The van der Waals surface area contributed by atoms with E-state index in [1.807, 2.05) is 44.2 Å². The lowest BCUT2D eigenvalue weighted by Gasteiger charge is -2.14. The van der Waals surface area contributed by atoms with Crippen LogP contribution in [0.3, 0.4) is 0 Å². The zero-order valence-electron chi connectivity index (χ0n) is 18.1. The Morgan fingerprint density at radius 3 is 2.78 bits per heavy atom. The number of fused-ring (bicyclic) bond motifs is 1. The number of methoxy groups -OCH3 is 1. The number of pyridine rings is 2. The standard InChI is InChI=1S/C23H24N6O3/c1-4-24-23(31)28-22-26-19-14(2)29(13-15-8-7-9-16(12-15)32-3)21(30)18(20(19)27-22)17-10-5-6-11-25-17/h5-12H,4,13H2,1-3H3,(H3,24,26,27,28,31). The molecule has 32 heavy (non-hydrogen) atoms. The molecule has 0 aliphatic heterocycles. The van der Waals surface area contributed by atoms with Gasteiger partial charge in [-0.05, 0) is 43.7 Å². The number of nitrogens with one attached hydrogen (secondary N) is 3. The third-order valence-corrected chi connectivity index (χ3v) is 5.13. The molecule has 3 N–H and O–H groups in total. The maximum Gasteiger partial charge on any atom is 0.321 e. The van der Waals surface area contributed by atoms with Crippen molar-refractivity contribution in [2.45, 2.75) is 20.4 Å². The zero-order chi connectivity index (χ0) is 22.7. The summed E-state index contributed by atoms with van der Waals surface area (Å²) < 4.78 is 6.99. The van der Waals surface area contributed by atoms with Crippen molar-refractivity contribution < 1.29 is 9.53 Å². The summed E-state index contributed by atoms with van der Waals surface area (Å²) in [5.74, 6) is 0.971. The van der Waals surface area contributed by atoms with Gasteiger partial charge in [0.2, 0.25) is 5.95 Å². The van der Waals surface area contributed by atoms with Gasteiger partial charge in [-0.25, -0.2) is 9.78 Å². The van der Waals surface area contributed by atoms with E-state index >= 15 is 0 Å². The third kappa shape index (κ3) is 4.04. The van der Waals surface area contributed by atoms with Crippen LogP contribution in [-0.2, 0) is 6.54 Å². The summed E-state index contributed by atoms with van der Waals surface area (Å²) in [5.41, 5.74) is 3.39. The third-order valence-electron chi connectivity index (χ3n) is 5.13. The number of carbonyl (C=O) groups excluding carboxylic acids is 1. The molecule has 0 spiro atoms. The minimum atomic E-state index is -0.379. The number of nitrogens with zero attached hydrogens (tertiary/aromatic N) is 3. The molecule has 164 valence electrons. The molecule has 3 aromatic heterocycles. The van der Waals surface area contributed by atoms with Crippen molar-refractivity contribution in [2.24, 2.45) is 0 Å². The first-order valence-electron chi connectivity index (χ1n) is 10.2. The highest BCUT2D eigenvalue weighted by Gasteiger charge is 2.21. The highest BCUT2D eigenvalue weighted by atomic mass is 16.5. The highest BCUT2D eigenvalue weighted by molar-refractivity contribution is 5.95. The zero-order valence-corrected chi connectivity index (χ0v) is 18.1. The predicted octanol–water partition coefficient (Wildman–Crippen LogP) is 3.29. The Kier molecular flexibility index (Phi) is 5.89. The highest BCUT2D eigenvalue weighted by Crippen LogP contribution is 2.27. The summed E-state index contributed by atoms with van der Waals surface area (Å²) in [7, 11) is 1.61. The molecule has 0 fully saturated rings. The molecule has 1 aromatic carbocycles. The van der Waals surface area contributed by atoms with Crippen LogP contribution in [0, 0.1) is 6.92 Å². The summed E-state index contributed by atoms with van der Waals surface area (Å²) in [5, 5.41) is 5.34. The number of amides is 2. The molecule has 0 radical (unpaired) electrons. The number of benzene rings is 1. The predicted molar refractivity (Wildman–Crippen MR) is 123 cm³/mol. The molecule has 0 bridgehead atoms. The summed E-state index contributed by atoms with van der Waals surface area (Å²) >= 11 is 0. The number of aromatic amines is 1. The van der Waals surface area contributed by atoms with Crippen molar-refractivity contribution in [1.29, 1.82) is 0 Å². The molecule has 0 unspecified atom stereocenters. The molecule has 9 nitrogen and oxygen atoms in total. The van der Waals surface area contributed by atoms with E-state index in [-0.39, 0.29) is 17.5 Å². The Labute approximate surface area is 184 Å². The lowest BCUT2D eigenvalue weighted by molar-refractivity contribution is 0.252. The summed E-state index contributed by atoms with van der Waals surface area (Å²) in [6.45, 7) is 4.50. The Morgan fingerprint density at radius 2 is 2.06 bits per heavy atom. The largest absolute Gasteiger partial charge is 0.497 e. The molecule has 3 heterocycles. The number of urea groups is 1. The van der Waals surface area contributed by atoms with E-state index in [9.17, 15) is 9.59 Å². The average molecular weight is 432 g/mol. The van der Waals surface area contributed by atoms with E-state index in [0.29, 0.717) is 46.8 Å². The van der Waals surface area contributed by atoms with Gasteiger partial charge in [0.15, 0.2) is 0 Å². The van der Waals surface area contributed by atoms with Crippen LogP contribution < -0.4 is 20.9 Å². The molecule has 0 aliphatic rings. The normalized spacial score (nSPS) is 10.8. The Hall–Kier alpha value is -4.14. The second-order valence-electron chi connectivity index (χ2n) is 7.21. The number of carbonyl (C=O) groups is 1. The van der Waals surface area contributed by atoms with Gasteiger partial charge in [-0.3, -0.25) is 15.1 Å². The number of rotatable bonds is 6. The van der Waals surface area contributed by atoms with E-state index in [1.54, 1.807) is 30.0 Å². The fraction of sp³-hybridized carbons (Fsp3) is 0.217. The number of imidazole rings is 1. The number of H-pyrrole nitrogens is 1. The van der Waals surface area contributed by atoms with Crippen LogP contribution >= 0.6 is 0 Å². The molecule has 0 aliphatic carbocycles. The fourth-order valence-electron chi connectivity index (χ4n) is 3.60. The fourth-order valence-corrected chi connectivity index (χ4v) is 3.60. The number of ether oxygens (including phenoxy) is 1. The van der Waals surface area contributed by atoms with Gasteiger partial charge in [0, 0.05) is 18.4 Å². The van der Waals surface area contributed by atoms with Gasteiger partial charge in [0.05, 0.1) is 30.4 Å². The van der Waals surface area contributed by atoms with Gasteiger partial charge < -0.3 is 19.6 Å². The quantitative estimate of drug-likeness (QED) is 0.433. The van der Waals surface area contributed by atoms with Gasteiger partial charge in [-0.1, -0.05) is 18.2 Å². The molecule has 2 amide bonds. The topological polar surface area (TPSA) is 114 Å². The number of hydrogen-bond acceptors (Lipinski definition) is 5. The molecule has 0 saturated heterocycles. The number of aromatic nitrogens is 4. The van der Waals surface area contributed by atoms with E-state index in [2.05, 4.69) is 25.6 Å². The van der Waals surface area contributed by atoms with Crippen molar-refractivity contribution in [1.82, 2.24) is 24.8 Å². The van der Waals surface area contributed by atoms with Gasteiger partial charge >= 0.3 is 6.03 Å². The molecule has 4 aromatic rings. The van der Waals surface area contributed by atoms with Gasteiger partial charge in [0.1, 0.15) is 11.3 Å². The first kappa shape index (κ1) is 21.1. The Balaban J connectivity index is 1.90.